The molecule has 0 radical (unpaired) electrons. The van der Waals surface area contributed by atoms with Crippen LogP contribution >= 0.6 is 0 Å². The third-order valence-corrected chi connectivity index (χ3v) is 5.98. The van der Waals surface area contributed by atoms with Gasteiger partial charge in [0.15, 0.2) is 0 Å². The molecule has 1 aliphatic rings. The topological polar surface area (TPSA) is 68.4 Å². The molecule has 2 heterocycles. The van der Waals surface area contributed by atoms with Gasteiger partial charge in [0, 0.05) is 20.0 Å². The molecule has 0 amide bonds. The van der Waals surface area contributed by atoms with Crippen molar-refractivity contribution in [2.45, 2.75) is 44.4 Å². The van der Waals surface area contributed by atoms with E-state index in [1.54, 1.807) is 30.5 Å². The largest absolute Gasteiger partial charge is 0.335 e. The van der Waals surface area contributed by atoms with Gasteiger partial charge in [-0.3, -0.25) is 4.68 Å². The third-order valence-electron chi connectivity index (χ3n) is 4.27. The summed E-state index contributed by atoms with van der Waals surface area (Å²) in [4.78, 5) is 1.93. The van der Waals surface area contributed by atoms with Gasteiger partial charge < -0.3 is 4.90 Å². The van der Waals surface area contributed by atoms with Crippen LogP contribution in [0, 0.1) is 13.8 Å². The standard InChI is InChI=1S/C14H26N4O2S/c1-12-14(13(2)17(3)16-12)21(19,20)15-8-7-11-18-9-5-4-6-10-18/h15H,4-11H2,1-3H3/p+1. The molecule has 0 spiro atoms. The highest BCUT2D eigenvalue weighted by Gasteiger charge is 2.23. The molecular formula is C14H27N4O2S+. The monoisotopic (exact) mass is 315 g/mol. The smallest absolute Gasteiger partial charge is 0.244 e. The second-order valence-electron chi connectivity index (χ2n) is 5.94. The molecule has 1 aromatic heterocycles. The number of rotatable bonds is 6. The fraction of sp³-hybridized carbons (Fsp3) is 0.786. The summed E-state index contributed by atoms with van der Waals surface area (Å²) in [7, 11) is -1.68. The Morgan fingerprint density at radius 3 is 2.48 bits per heavy atom. The van der Waals surface area contributed by atoms with E-state index in [4.69, 9.17) is 0 Å². The number of nitrogens with one attached hydrogen (secondary N) is 2. The lowest BCUT2D eigenvalue weighted by Gasteiger charge is -2.23. The van der Waals surface area contributed by atoms with Crippen LogP contribution in [-0.2, 0) is 17.1 Å². The summed E-state index contributed by atoms with van der Waals surface area (Å²) in [6.45, 7) is 7.53. The summed E-state index contributed by atoms with van der Waals surface area (Å²) in [6.07, 6.45) is 4.83. The quantitative estimate of drug-likeness (QED) is 0.713. The highest BCUT2D eigenvalue weighted by Crippen LogP contribution is 2.17. The van der Waals surface area contributed by atoms with Crippen molar-refractivity contribution in [2.75, 3.05) is 26.2 Å². The van der Waals surface area contributed by atoms with E-state index in [1.165, 1.54) is 32.4 Å². The lowest BCUT2D eigenvalue weighted by molar-refractivity contribution is -0.904. The molecule has 1 aliphatic heterocycles. The van der Waals surface area contributed by atoms with Gasteiger partial charge in [0.1, 0.15) is 4.90 Å². The van der Waals surface area contributed by atoms with Crippen molar-refractivity contribution >= 4 is 10.0 Å². The lowest BCUT2D eigenvalue weighted by atomic mass is 10.1. The normalized spacial score (nSPS) is 17.3. The number of hydrogen-bond donors (Lipinski definition) is 2. The average Bonchev–Trinajstić information content (AvgIpc) is 2.70. The molecule has 0 aromatic carbocycles. The van der Waals surface area contributed by atoms with E-state index in [2.05, 4.69) is 9.82 Å². The summed E-state index contributed by atoms with van der Waals surface area (Å²) in [6, 6.07) is 0. The number of quaternary nitrogens is 1. The predicted molar refractivity (Wildman–Crippen MR) is 81.9 cm³/mol. The first-order chi connectivity index (χ1) is 9.92. The van der Waals surface area contributed by atoms with Crippen LogP contribution in [0.2, 0.25) is 0 Å². The van der Waals surface area contributed by atoms with Crippen LogP contribution in [0.1, 0.15) is 37.1 Å². The molecule has 7 heteroatoms. The van der Waals surface area contributed by atoms with E-state index in [0.29, 0.717) is 22.8 Å². The highest BCUT2D eigenvalue weighted by atomic mass is 32.2. The van der Waals surface area contributed by atoms with Crippen molar-refractivity contribution in [3.05, 3.63) is 11.4 Å². The number of likely N-dealkylation sites (tertiary alicyclic amines) is 1. The van der Waals surface area contributed by atoms with Crippen molar-refractivity contribution in [3.63, 3.8) is 0 Å². The predicted octanol–water partition coefficient (Wildman–Crippen LogP) is -0.226. The maximum absolute atomic E-state index is 12.4. The fourth-order valence-electron chi connectivity index (χ4n) is 3.06. The van der Waals surface area contributed by atoms with Gasteiger partial charge in [-0.1, -0.05) is 0 Å². The molecule has 2 N–H and O–H groups in total. The molecule has 2 rings (SSSR count). The Hall–Kier alpha value is -0.920. The minimum absolute atomic E-state index is 0.329. The molecule has 0 unspecified atom stereocenters. The van der Waals surface area contributed by atoms with E-state index >= 15 is 0 Å². The molecular weight excluding hydrogens is 288 g/mol. The zero-order chi connectivity index (χ0) is 15.5. The molecule has 1 aromatic rings. The summed E-state index contributed by atoms with van der Waals surface area (Å²) >= 11 is 0. The molecule has 1 fully saturated rings. The van der Waals surface area contributed by atoms with Gasteiger partial charge in [-0.2, -0.15) is 5.10 Å². The minimum atomic E-state index is -3.45. The van der Waals surface area contributed by atoms with Gasteiger partial charge in [-0.15, -0.1) is 0 Å². The van der Waals surface area contributed by atoms with Gasteiger partial charge in [0.05, 0.1) is 31.0 Å². The van der Waals surface area contributed by atoms with E-state index in [0.717, 1.165) is 13.0 Å². The maximum atomic E-state index is 12.4. The highest BCUT2D eigenvalue weighted by molar-refractivity contribution is 7.89. The van der Waals surface area contributed by atoms with Crippen molar-refractivity contribution < 1.29 is 13.3 Å². The molecule has 6 nitrogen and oxygen atoms in total. The number of nitrogens with zero attached hydrogens (tertiary/aromatic N) is 2. The van der Waals surface area contributed by atoms with Gasteiger partial charge in [-0.05, 0) is 33.1 Å². The molecule has 1 saturated heterocycles. The number of piperidine rings is 1. The third kappa shape index (κ3) is 4.05. The number of aryl methyl sites for hydroxylation is 2. The van der Waals surface area contributed by atoms with Crippen molar-refractivity contribution in [1.82, 2.24) is 14.5 Å². The first-order valence-electron chi connectivity index (χ1n) is 7.75. The first-order valence-corrected chi connectivity index (χ1v) is 9.23. The molecule has 120 valence electrons. The van der Waals surface area contributed by atoms with Crippen LogP contribution < -0.4 is 9.62 Å². The van der Waals surface area contributed by atoms with Crippen LogP contribution in [0.25, 0.3) is 0 Å². The van der Waals surface area contributed by atoms with Gasteiger partial charge >= 0.3 is 0 Å². The van der Waals surface area contributed by atoms with E-state index in [-0.39, 0.29) is 0 Å². The first kappa shape index (κ1) is 16.5. The summed E-state index contributed by atoms with van der Waals surface area (Å²) in [5.74, 6) is 0. The van der Waals surface area contributed by atoms with Gasteiger partial charge in [0.25, 0.3) is 0 Å². The second-order valence-corrected chi connectivity index (χ2v) is 7.64. The number of aromatic nitrogens is 2. The zero-order valence-corrected chi connectivity index (χ0v) is 14.1. The van der Waals surface area contributed by atoms with Gasteiger partial charge in [0.2, 0.25) is 10.0 Å². The van der Waals surface area contributed by atoms with Crippen molar-refractivity contribution in [3.8, 4) is 0 Å². The molecule has 0 atom stereocenters. The second kappa shape index (κ2) is 6.89. The summed E-state index contributed by atoms with van der Waals surface area (Å²) in [5.41, 5.74) is 1.24. The van der Waals surface area contributed by atoms with Gasteiger partial charge in [-0.25, -0.2) is 13.1 Å². The van der Waals surface area contributed by atoms with Crippen LogP contribution in [0.15, 0.2) is 4.90 Å². The van der Waals surface area contributed by atoms with E-state index in [9.17, 15) is 8.42 Å². The number of sulfonamides is 1. The molecule has 0 saturated carbocycles. The van der Waals surface area contributed by atoms with E-state index in [1.807, 2.05) is 0 Å². The Kier molecular flexibility index (Phi) is 5.40. The average molecular weight is 315 g/mol. The molecule has 0 aliphatic carbocycles. The number of hydrogen-bond acceptors (Lipinski definition) is 3. The zero-order valence-electron chi connectivity index (χ0n) is 13.3. The Labute approximate surface area is 127 Å². The Morgan fingerprint density at radius 1 is 1.24 bits per heavy atom. The van der Waals surface area contributed by atoms with Crippen molar-refractivity contribution in [2.24, 2.45) is 7.05 Å². The SMILES string of the molecule is Cc1nn(C)c(C)c1S(=O)(=O)NCCC[NH+]1CCCCC1. The Morgan fingerprint density at radius 2 is 1.90 bits per heavy atom. The van der Waals surface area contributed by atoms with Crippen LogP contribution in [-0.4, -0.2) is 44.4 Å². The minimum Gasteiger partial charge on any atom is -0.335 e. The maximum Gasteiger partial charge on any atom is 0.244 e. The fourth-order valence-corrected chi connectivity index (χ4v) is 4.57. The van der Waals surface area contributed by atoms with Crippen LogP contribution in [0.5, 0.6) is 0 Å². The van der Waals surface area contributed by atoms with Crippen LogP contribution in [0.4, 0.5) is 0 Å². The Bertz CT molecular complexity index is 574. The van der Waals surface area contributed by atoms with Crippen molar-refractivity contribution in [1.29, 1.82) is 0 Å². The summed E-state index contributed by atoms with van der Waals surface area (Å²) in [5, 5.41) is 4.17. The van der Waals surface area contributed by atoms with E-state index < -0.39 is 10.0 Å². The Balaban J connectivity index is 1.86. The lowest BCUT2D eigenvalue weighted by Crippen LogP contribution is -3.12. The summed E-state index contributed by atoms with van der Waals surface area (Å²) < 4.78 is 29.1. The van der Waals surface area contributed by atoms with Crippen LogP contribution in [0.3, 0.4) is 0 Å². The molecule has 21 heavy (non-hydrogen) atoms. The molecule has 0 bridgehead atoms.